The largest absolute Gasteiger partial charge is 0.269 e. The molecule has 0 radical (unpaired) electrons. The van der Waals surface area contributed by atoms with Crippen molar-refractivity contribution >= 4 is 26.0 Å². The molecule has 0 saturated heterocycles. The summed E-state index contributed by atoms with van der Waals surface area (Å²) in [5, 5.41) is 0. The quantitative estimate of drug-likeness (QED) is 0.715. The molecule has 0 aliphatic carbocycles. The number of rotatable bonds is 3. The Bertz CT molecular complexity index is 856. The van der Waals surface area contributed by atoms with Crippen molar-refractivity contribution in [1.29, 1.82) is 0 Å². The molecular weight excluding hydrogens is 352 g/mol. The topological polar surface area (TPSA) is 52.0 Å². The summed E-state index contributed by atoms with van der Waals surface area (Å²) in [4.78, 5) is 4.39. The Morgan fingerprint density at radius 2 is 1.62 bits per heavy atom. The molecule has 3 aromatic rings. The average molecular weight is 363 g/mol. The van der Waals surface area contributed by atoms with Crippen LogP contribution in [0.15, 0.2) is 76.4 Å². The monoisotopic (exact) mass is 362 g/mol. The van der Waals surface area contributed by atoms with Crippen molar-refractivity contribution in [3.63, 3.8) is 0 Å². The van der Waals surface area contributed by atoms with E-state index in [9.17, 15) is 8.42 Å². The molecule has 21 heavy (non-hydrogen) atoms. The van der Waals surface area contributed by atoms with Crippen molar-refractivity contribution in [2.24, 2.45) is 0 Å². The fourth-order valence-electron chi connectivity index (χ4n) is 2.00. The first-order chi connectivity index (χ1) is 10.1. The van der Waals surface area contributed by atoms with Crippen LogP contribution >= 0.6 is 15.9 Å². The van der Waals surface area contributed by atoms with Gasteiger partial charge in [-0.25, -0.2) is 17.4 Å². The zero-order valence-electron chi connectivity index (χ0n) is 10.8. The molecule has 0 unspecified atom stereocenters. The lowest BCUT2D eigenvalue weighted by Crippen LogP contribution is -2.13. The Balaban J connectivity index is 2.13. The molecule has 2 aromatic carbocycles. The second kappa shape index (κ2) is 5.46. The van der Waals surface area contributed by atoms with Crippen LogP contribution in [0.1, 0.15) is 0 Å². The molecule has 6 heteroatoms. The molecule has 0 atom stereocenters. The van der Waals surface area contributed by atoms with E-state index in [1.165, 1.54) is 16.4 Å². The average Bonchev–Trinajstić information content (AvgIpc) is 2.99. The normalized spacial score (nSPS) is 11.5. The van der Waals surface area contributed by atoms with Crippen molar-refractivity contribution in [2.45, 2.75) is 4.90 Å². The van der Waals surface area contributed by atoms with Crippen LogP contribution in [0.2, 0.25) is 0 Å². The maximum absolute atomic E-state index is 12.7. The second-order valence-corrected chi connectivity index (χ2v) is 7.10. The summed E-state index contributed by atoms with van der Waals surface area (Å²) in [5.74, 6) is 0.401. The molecule has 0 N–H and O–H groups in total. The SMILES string of the molecule is O=S(=O)(c1ccc(Br)cc1)n1ccnc1-c1ccccc1. The number of halogens is 1. The van der Waals surface area contributed by atoms with Crippen LogP contribution in [0.3, 0.4) is 0 Å². The van der Waals surface area contributed by atoms with Gasteiger partial charge in [0.1, 0.15) is 0 Å². The highest BCUT2D eigenvalue weighted by Crippen LogP contribution is 2.23. The molecule has 0 bridgehead atoms. The Kier molecular flexibility index (Phi) is 3.65. The molecule has 0 fully saturated rings. The molecule has 1 heterocycles. The van der Waals surface area contributed by atoms with Crippen molar-refractivity contribution in [3.8, 4) is 11.4 Å². The lowest BCUT2D eigenvalue weighted by molar-refractivity contribution is 0.588. The van der Waals surface area contributed by atoms with Gasteiger partial charge in [-0.05, 0) is 24.3 Å². The zero-order chi connectivity index (χ0) is 14.9. The minimum absolute atomic E-state index is 0.223. The van der Waals surface area contributed by atoms with E-state index < -0.39 is 10.0 Å². The summed E-state index contributed by atoms with van der Waals surface area (Å²) in [6.07, 6.45) is 2.94. The van der Waals surface area contributed by atoms with E-state index in [1.807, 2.05) is 30.3 Å². The molecule has 0 amide bonds. The number of hydrogen-bond donors (Lipinski definition) is 0. The van der Waals surface area contributed by atoms with Gasteiger partial charge in [-0.3, -0.25) is 0 Å². The third kappa shape index (κ3) is 2.64. The molecule has 1 aromatic heterocycles. The Hall–Kier alpha value is -1.92. The highest BCUT2D eigenvalue weighted by atomic mass is 79.9. The van der Waals surface area contributed by atoms with Gasteiger partial charge < -0.3 is 0 Å². The van der Waals surface area contributed by atoms with Gasteiger partial charge in [-0.2, -0.15) is 0 Å². The zero-order valence-corrected chi connectivity index (χ0v) is 13.3. The number of imidazole rings is 1. The van der Waals surface area contributed by atoms with Crippen molar-refractivity contribution < 1.29 is 8.42 Å². The van der Waals surface area contributed by atoms with E-state index >= 15 is 0 Å². The molecular formula is C15H11BrN2O2S. The predicted molar refractivity (Wildman–Crippen MR) is 84.4 cm³/mol. The van der Waals surface area contributed by atoms with Gasteiger partial charge in [-0.1, -0.05) is 46.3 Å². The van der Waals surface area contributed by atoms with E-state index in [0.717, 1.165) is 10.0 Å². The first kappa shape index (κ1) is 14.0. The third-order valence-electron chi connectivity index (χ3n) is 3.01. The summed E-state index contributed by atoms with van der Waals surface area (Å²) >= 11 is 3.30. The van der Waals surface area contributed by atoms with E-state index in [1.54, 1.807) is 24.3 Å². The van der Waals surface area contributed by atoms with E-state index in [-0.39, 0.29) is 4.90 Å². The van der Waals surface area contributed by atoms with Gasteiger partial charge in [0.2, 0.25) is 0 Å². The van der Waals surface area contributed by atoms with Crippen LogP contribution in [-0.2, 0) is 10.0 Å². The minimum Gasteiger partial charge on any atom is -0.236 e. The summed E-state index contributed by atoms with van der Waals surface area (Å²) < 4.78 is 27.4. The predicted octanol–water partition coefficient (Wildman–Crippen LogP) is 3.55. The van der Waals surface area contributed by atoms with Crippen LogP contribution < -0.4 is 0 Å². The van der Waals surface area contributed by atoms with Gasteiger partial charge in [0, 0.05) is 22.4 Å². The van der Waals surface area contributed by atoms with Crippen molar-refractivity contribution in [2.75, 3.05) is 0 Å². The molecule has 0 spiro atoms. The Morgan fingerprint density at radius 1 is 0.952 bits per heavy atom. The number of nitrogens with zero attached hydrogens (tertiary/aromatic N) is 2. The molecule has 0 saturated carbocycles. The molecule has 0 aliphatic rings. The van der Waals surface area contributed by atoms with Gasteiger partial charge in [0.05, 0.1) is 4.90 Å². The number of benzene rings is 2. The smallest absolute Gasteiger partial charge is 0.236 e. The highest BCUT2D eigenvalue weighted by molar-refractivity contribution is 9.10. The maximum atomic E-state index is 12.7. The van der Waals surface area contributed by atoms with Gasteiger partial charge in [0.25, 0.3) is 10.0 Å². The first-order valence-electron chi connectivity index (χ1n) is 6.19. The second-order valence-electron chi connectivity index (χ2n) is 4.37. The minimum atomic E-state index is -3.66. The van der Waals surface area contributed by atoms with Crippen LogP contribution in [-0.4, -0.2) is 17.4 Å². The Morgan fingerprint density at radius 3 is 2.29 bits per heavy atom. The molecule has 106 valence electrons. The van der Waals surface area contributed by atoms with Gasteiger partial charge in [-0.15, -0.1) is 0 Å². The van der Waals surface area contributed by atoms with E-state index in [0.29, 0.717) is 5.82 Å². The fraction of sp³-hybridized carbons (Fsp3) is 0. The highest BCUT2D eigenvalue weighted by Gasteiger charge is 2.20. The van der Waals surface area contributed by atoms with E-state index in [2.05, 4.69) is 20.9 Å². The molecule has 3 rings (SSSR count). The van der Waals surface area contributed by atoms with Gasteiger partial charge in [0.15, 0.2) is 5.82 Å². The number of hydrogen-bond acceptors (Lipinski definition) is 3. The van der Waals surface area contributed by atoms with E-state index in [4.69, 9.17) is 0 Å². The summed E-state index contributed by atoms with van der Waals surface area (Å²) in [6.45, 7) is 0. The van der Waals surface area contributed by atoms with Gasteiger partial charge >= 0.3 is 0 Å². The maximum Gasteiger partial charge on any atom is 0.269 e. The standard InChI is InChI=1S/C15H11BrN2O2S/c16-13-6-8-14(9-7-13)21(19,20)18-11-10-17-15(18)12-4-2-1-3-5-12/h1-11H. The summed E-state index contributed by atoms with van der Waals surface area (Å²) in [7, 11) is -3.66. The lowest BCUT2D eigenvalue weighted by atomic mass is 10.2. The van der Waals surface area contributed by atoms with Crippen LogP contribution in [0.25, 0.3) is 11.4 Å². The van der Waals surface area contributed by atoms with Crippen LogP contribution in [0.4, 0.5) is 0 Å². The summed E-state index contributed by atoms with van der Waals surface area (Å²) in [6, 6.07) is 15.8. The number of aromatic nitrogens is 2. The molecule has 0 aliphatic heterocycles. The first-order valence-corrected chi connectivity index (χ1v) is 8.42. The van der Waals surface area contributed by atoms with Crippen molar-refractivity contribution in [3.05, 3.63) is 71.5 Å². The third-order valence-corrected chi connectivity index (χ3v) is 5.22. The fourth-order valence-corrected chi connectivity index (χ4v) is 3.56. The Labute approximate surface area is 131 Å². The van der Waals surface area contributed by atoms with Crippen molar-refractivity contribution in [1.82, 2.24) is 8.96 Å². The lowest BCUT2D eigenvalue weighted by Gasteiger charge is -2.09. The molecule has 4 nitrogen and oxygen atoms in total. The summed E-state index contributed by atoms with van der Waals surface area (Å²) in [5.41, 5.74) is 0.753. The van der Waals surface area contributed by atoms with Crippen LogP contribution in [0.5, 0.6) is 0 Å². The van der Waals surface area contributed by atoms with Crippen LogP contribution in [0, 0.1) is 0 Å².